The average molecular weight is 464 g/mol. The first kappa shape index (κ1) is 23.0. The highest BCUT2D eigenvalue weighted by Crippen LogP contribution is 2.40. The highest BCUT2D eigenvalue weighted by molar-refractivity contribution is 5.87. The number of piperidine rings is 1. The van der Waals surface area contributed by atoms with E-state index in [0.29, 0.717) is 5.75 Å². The van der Waals surface area contributed by atoms with Gasteiger partial charge in [0.2, 0.25) is 11.2 Å². The quantitative estimate of drug-likeness (QED) is 0.602. The molecular formula is C24H25F3NO5+. The van der Waals surface area contributed by atoms with Gasteiger partial charge in [0.05, 0.1) is 43.8 Å². The van der Waals surface area contributed by atoms with Crippen molar-refractivity contribution >= 4 is 11.0 Å². The molecule has 176 valence electrons. The molecule has 33 heavy (non-hydrogen) atoms. The summed E-state index contributed by atoms with van der Waals surface area (Å²) in [4.78, 5) is 14.5. The number of aromatic hydroxyl groups is 1. The standard InChI is InChI=1S/C24H24F3NO5/c1-31-18-9-6-14(12-19(18)32-2)20-21(30)15-7-8-17(29)16(13-28-10-4-3-5-11-28)22(15)33-23(20)24(25,26)27/h6-9,12,29H,3-5,10-11,13H2,1-2H3/p+1. The second-order valence-electron chi connectivity index (χ2n) is 8.13. The molecule has 1 fully saturated rings. The van der Waals surface area contributed by atoms with Gasteiger partial charge >= 0.3 is 6.18 Å². The lowest BCUT2D eigenvalue weighted by Crippen LogP contribution is -3.11. The second-order valence-corrected chi connectivity index (χ2v) is 8.13. The van der Waals surface area contributed by atoms with Gasteiger partial charge in [-0.05, 0) is 49.1 Å². The third-order valence-electron chi connectivity index (χ3n) is 6.06. The summed E-state index contributed by atoms with van der Waals surface area (Å²) in [5, 5.41) is 10.4. The summed E-state index contributed by atoms with van der Waals surface area (Å²) in [6, 6.07) is 6.73. The van der Waals surface area contributed by atoms with Crippen LogP contribution in [0.15, 0.2) is 39.5 Å². The second kappa shape index (κ2) is 8.97. The fourth-order valence-corrected chi connectivity index (χ4v) is 4.41. The molecule has 1 aliphatic rings. The summed E-state index contributed by atoms with van der Waals surface area (Å²) < 4.78 is 58.1. The molecule has 2 heterocycles. The van der Waals surface area contributed by atoms with Crippen molar-refractivity contribution in [2.75, 3.05) is 27.3 Å². The fraction of sp³-hybridized carbons (Fsp3) is 0.375. The lowest BCUT2D eigenvalue weighted by molar-refractivity contribution is -0.918. The Labute approximate surface area is 188 Å². The monoisotopic (exact) mass is 464 g/mol. The largest absolute Gasteiger partial charge is 0.507 e. The molecule has 0 radical (unpaired) electrons. The molecule has 0 atom stereocenters. The number of halogens is 3. The van der Waals surface area contributed by atoms with E-state index in [4.69, 9.17) is 13.9 Å². The molecule has 2 N–H and O–H groups in total. The predicted octanol–water partition coefficient (Wildman–Crippen LogP) is 3.77. The van der Waals surface area contributed by atoms with Crippen molar-refractivity contribution in [3.8, 4) is 28.4 Å². The SMILES string of the molecule is COc1ccc(-c2c(C(F)(F)F)oc3c(C[NH+]4CCCCC4)c(O)ccc3c2=O)cc1OC. The van der Waals surface area contributed by atoms with E-state index in [1.807, 2.05) is 0 Å². The average Bonchev–Trinajstić information content (AvgIpc) is 2.80. The highest BCUT2D eigenvalue weighted by atomic mass is 19.4. The Hall–Kier alpha value is -3.20. The molecule has 9 heteroatoms. The van der Waals surface area contributed by atoms with Gasteiger partial charge in [-0.1, -0.05) is 6.07 Å². The van der Waals surface area contributed by atoms with Crippen LogP contribution < -0.4 is 19.8 Å². The van der Waals surface area contributed by atoms with Crippen molar-refractivity contribution in [3.63, 3.8) is 0 Å². The van der Waals surface area contributed by atoms with Gasteiger partial charge in [-0.3, -0.25) is 4.79 Å². The smallest absolute Gasteiger partial charge is 0.450 e. The zero-order valence-electron chi connectivity index (χ0n) is 18.3. The van der Waals surface area contributed by atoms with Gasteiger partial charge in [-0.2, -0.15) is 13.2 Å². The van der Waals surface area contributed by atoms with Gasteiger partial charge in [0.15, 0.2) is 17.1 Å². The third-order valence-corrected chi connectivity index (χ3v) is 6.06. The minimum Gasteiger partial charge on any atom is -0.507 e. The first-order valence-electron chi connectivity index (χ1n) is 10.7. The van der Waals surface area contributed by atoms with Crippen LogP contribution in [0.5, 0.6) is 17.2 Å². The van der Waals surface area contributed by atoms with E-state index in [1.54, 1.807) is 0 Å². The zero-order chi connectivity index (χ0) is 23.8. The van der Waals surface area contributed by atoms with Crippen LogP contribution in [-0.4, -0.2) is 32.4 Å². The van der Waals surface area contributed by atoms with Crippen LogP contribution in [0.25, 0.3) is 22.1 Å². The Kier molecular flexibility index (Phi) is 6.25. The molecule has 0 saturated carbocycles. The Bertz CT molecular complexity index is 1230. The number of rotatable bonds is 5. The minimum absolute atomic E-state index is 0.00749. The number of alkyl halides is 3. The molecule has 0 spiro atoms. The summed E-state index contributed by atoms with van der Waals surface area (Å²) >= 11 is 0. The van der Waals surface area contributed by atoms with Gasteiger partial charge in [0, 0.05) is 0 Å². The lowest BCUT2D eigenvalue weighted by atomic mass is 9.99. The van der Waals surface area contributed by atoms with E-state index in [1.165, 1.54) is 44.6 Å². The Morgan fingerprint density at radius 2 is 1.73 bits per heavy atom. The Morgan fingerprint density at radius 1 is 1.03 bits per heavy atom. The van der Waals surface area contributed by atoms with Crippen LogP contribution in [-0.2, 0) is 12.7 Å². The number of ether oxygens (including phenoxy) is 2. The molecule has 0 bridgehead atoms. The number of methoxy groups -OCH3 is 2. The molecule has 0 unspecified atom stereocenters. The number of benzene rings is 2. The van der Waals surface area contributed by atoms with Crippen LogP contribution in [0, 0.1) is 0 Å². The maximum absolute atomic E-state index is 14.1. The van der Waals surface area contributed by atoms with E-state index in [0.717, 1.165) is 37.3 Å². The van der Waals surface area contributed by atoms with Gasteiger partial charge in [0.1, 0.15) is 12.3 Å². The summed E-state index contributed by atoms with van der Waals surface area (Å²) in [5.74, 6) is -1.09. The maximum atomic E-state index is 14.1. The summed E-state index contributed by atoms with van der Waals surface area (Å²) in [7, 11) is 2.76. The Balaban J connectivity index is 1.96. The van der Waals surface area contributed by atoms with Crippen molar-refractivity contribution in [2.45, 2.75) is 32.0 Å². The summed E-state index contributed by atoms with van der Waals surface area (Å²) in [5.41, 5.74) is -1.46. The molecule has 0 amide bonds. The molecular weight excluding hydrogens is 439 g/mol. The van der Waals surface area contributed by atoms with Crippen LogP contribution in [0.2, 0.25) is 0 Å². The number of phenolic OH excluding ortho intramolecular Hbond substituents is 1. The number of hydrogen-bond donors (Lipinski definition) is 2. The topological polar surface area (TPSA) is 73.3 Å². The molecule has 1 saturated heterocycles. The van der Waals surface area contributed by atoms with Crippen molar-refractivity contribution in [1.82, 2.24) is 0 Å². The number of nitrogens with one attached hydrogen (secondary N) is 1. The van der Waals surface area contributed by atoms with Crippen molar-refractivity contribution < 1.29 is 37.1 Å². The van der Waals surface area contributed by atoms with Crippen LogP contribution in [0.3, 0.4) is 0 Å². The lowest BCUT2D eigenvalue weighted by Gasteiger charge is -2.24. The van der Waals surface area contributed by atoms with Crippen LogP contribution in [0.1, 0.15) is 30.6 Å². The zero-order valence-corrected chi connectivity index (χ0v) is 18.3. The molecule has 3 aromatic rings. The van der Waals surface area contributed by atoms with Crippen LogP contribution in [0.4, 0.5) is 13.2 Å². The molecule has 4 rings (SSSR count). The van der Waals surface area contributed by atoms with E-state index >= 15 is 0 Å². The van der Waals surface area contributed by atoms with Crippen molar-refractivity contribution in [1.29, 1.82) is 0 Å². The maximum Gasteiger partial charge on any atom is 0.450 e. The van der Waals surface area contributed by atoms with Crippen LogP contribution >= 0.6 is 0 Å². The molecule has 1 aromatic heterocycles. The van der Waals surface area contributed by atoms with E-state index in [2.05, 4.69) is 0 Å². The predicted molar refractivity (Wildman–Crippen MR) is 116 cm³/mol. The Morgan fingerprint density at radius 3 is 2.36 bits per heavy atom. The number of quaternary nitrogens is 1. The highest BCUT2D eigenvalue weighted by Gasteiger charge is 2.40. The molecule has 0 aliphatic carbocycles. The van der Waals surface area contributed by atoms with Gasteiger partial charge in [0.25, 0.3) is 0 Å². The van der Waals surface area contributed by atoms with Gasteiger partial charge in [-0.15, -0.1) is 0 Å². The number of likely N-dealkylation sites (tertiary alicyclic amines) is 1. The van der Waals surface area contributed by atoms with E-state index in [9.17, 15) is 23.1 Å². The number of hydrogen-bond acceptors (Lipinski definition) is 5. The molecule has 2 aromatic carbocycles. The van der Waals surface area contributed by atoms with Gasteiger partial charge in [-0.25, -0.2) is 0 Å². The molecule has 6 nitrogen and oxygen atoms in total. The van der Waals surface area contributed by atoms with Crippen molar-refractivity contribution in [3.05, 3.63) is 51.9 Å². The normalized spacial score (nSPS) is 15.1. The summed E-state index contributed by atoms with van der Waals surface area (Å²) in [6.07, 6.45) is -1.83. The summed E-state index contributed by atoms with van der Waals surface area (Å²) in [6.45, 7) is 1.96. The molecule has 1 aliphatic heterocycles. The number of fused-ring (bicyclic) bond motifs is 1. The van der Waals surface area contributed by atoms with E-state index in [-0.39, 0.29) is 40.1 Å². The minimum atomic E-state index is -4.93. The first-order valence-corrected chi connectivity index (χ1v) is 10.7. The fourth-order valence-electron chi connectivity index (χ4n) is 4.41. The third kappa shape index (κ3) is 4.37. The van der Waals surface area contributed by atoms with E-state index < -0.39 is 22.9 Å². The van der Waals surface area contributed by atoms with Crippen molar-refractivity contribution in [2.24, 2.45) is 0 Å². The first-order chi connectivity index (χ1) is 15.7. The number of phenols is 1. The van der Waals surface area contributed by atoms with Gasteiger partial charge < -0.3 is 23.9 Å².